The van der Waals surface area contributed by atoms with Crippen LogP contribution in [0, 0.1) is 5.92 Å². The summed E-state index contributed by atoms with van der Waals surface area (Å²) in [6.07, 6.45) is 5.14. The van der Waals surface area contributed by atoms with Crippen LogP contribution in [0.15, 0.2) is 22.8 Å². The zero-order valence-electron chi connectivity index (χ0n) is 11.0. The maximum Gasteiger partial charge on any atom is 0.103 e. The lowest BCUT2D eigenvalue weighted by molar-refractivity contribution is 0.344. The molecule has 0 saturated carbocycles. The molecule has 3 atom stereocenters. The molecular formula is C14H25NO. The Hall–Kier alpha value is -0.760. The van der Waals surface area contributed by atoms with Crippen LogP contribution in [0.5, 0.6) is 0 Å². The maximum atomic E-state index is 5.33. The smallest absolute Gasteiger partial charge is 0.103 e. The second-order valence-corrected chi connectivity index (χ2v) is 4.86. The van der Waals surface area contributed by atoms with Gasteiger partial charge in [-0.25, -0.2) is 0 Å². The number of hydrogen-bond donors (Lipinski definition) is 1. The van der Waals surface area contributed by atoms with Gasteiger partial charge in [-0.05, 0) is 38.3 Å². The van der Waals surface area contributed by atoms with E-state index in [9.17, 15) is 0 Å². The highest BCUT2D eigenvalue weighted by molar-refractivity contribution is 4.98. The normalized spacial score (nSPS) is 17.0. The van der Waals surface area contributed by atoms with E-state index < -0.39 is 0 Å². The molecule has 0 amide bonds. The standard InChI is InChI=1S/C14H25NO/c1-5-11(2)13(4)15-12(3)8-9-14-7-6-10-16-14/h6-7,10-13,15H,5,8-9H2,1-4H3. The lowest BCUT2D eigenvalue weighted by atomic mass is 9.99. The van der Waals surface area contributed by atoms with Crippen LogP contribution in [0.3, 0.4) is 0 Å². The van der Waals surface area contributed by atoms with Crippen molar-refractivity contribution in [1.29, 1.82) is 0 Å². The van der Waals surface area contributed by atoms with Crippen molar-refractivity contribution in [2.24, 2.45) is 5.92 Å². The topological polar surface area (TPSA) is 25.2 Å². The Morgan fingerprint density at radius 1 is 1.31 bits per heavy atom. The van der Waals surface area contributed by atoms with E-state index in [1.54, 1.807) is 6.26 Å². The summed E-state index contributed by atoms with van der Waals surface area (Å²) in [6, 6.07) is 5.14. The average Bonchev–Trinajstić information content (AvgIpc) is 2.78. The van der Waals surface area contributed by atoms with E-state index in [4.69, 9.17) is 4.42 Å². The van der Waals surface area contributed by atoms with Gasteiger partial charge in [0.05, 0.1) is 6.26 Å². The molecule has 0 spiro atoms. The van der Waals surface area contributed by atoms with Crippen LogP contribution in [0.4, 0.5) is 0 Å². The Kier molecular flexibility index (Phi) is 5.61. The first-order valence-electron chi connectivity index (χ1n) is 6.42. The van der Waals surface area contributed by atoms with Crippen molar-refractivity contribution in [2.75, 3.05) is 0 Å². The van der Waals surface area contributed by atoms with E-state index in [0.717, 1.165) is 24.5 Å². The molecule has 1 N–H and O–H groups in total. The molecule has 3 unspecified atom stereocenters. The molecule has 2 heteroatoms. The molecule has 1 heterocycles. The predicted molar refractivity (Wildman–Crippen MR) is 68.5 cm³/mol. The molecule has 2 nitrogen and oxygen atoms in total. The van der Waals surface area contributed by atoms with Crippen LogP contribution in [0.1, 0.15) is 46.3 Å². The molecule has 0 bridgehead atoms. The van der Waals surface area contributed by atoms with Crippen molar-refractivity contribution in [3.05, 3.63) is 24.2 Å². The van der Waals surface area contributed by atoms with E-state index >= 15 is 0 Å². The summed E-state index contributed by atoms with van der Waals surface area (Å²) in [5.41, 5.74) is 0. The summed E-state index contributed by atoms with van der Waals surface area (Å²) in [5, 5.41) is 3.65. The van der Waals surface area contributed by atoms with Gasteiger partial charge in [0.25, 0.3) is 0 Å². The maximum absolute atomic E-state index is 5.33. The molecule has 1 aromatic heterocycles. The van der Waals surface area contributed by atoms with Crippen LogP contribution in [0.2, 0.25) is 0 Å². The van der Waals surface area contributed by atoms with Crippen LogP contribution in [0.25, 0.3) is 0 Å². The zero-order valence-corrected chi connectivity index (χ0v) is 11.0. The molecule has 92 valence electrons. The predicted octanol–water partition coefficient (Wildman–Crippen LogP) is 3.62. The monoisotopic (exact) mass is 223 g/mol. The van der Waals surface area contributed by atoms with Crippen molar-refractivity contribution >= 4 is 0 Å². The molecule has 0 aliphatic rings. The highest BCUT2D eigenvalue weighted by Crippen LogP contribution is 2.10. The molecule has 0 aromatic carbocycles. The molecule has 0 aliphatic carbocycles. The minimum atomic E-state index is 0.550. The fourth-order valence-corrected chi connectivity index (χ4v) is 1.86. The van der Waals surface area contributed by atoms with Gasteiger partial charge in [-0.15, -0.1) is 0 Å². The van der Waals surface area contributed by atoms with Crippen LogP contribution in [-0.4, -0.2) is 12.1 Å². The second-order valence-electron chi connectivity index (χ2n) is 4.86. The Labute approximate surface area is 99.4 Å². The molecular weight excluding hydrogens is 198 g/mol. The average molecular weight is 223 g/mol. The highest BCUT2D eigenvalue weighted by Gasteiger charge is 2.12. The Bertz CT molecular complexity index is 268. The number of nitrogens with one attached hydrogen (secondary N) is 1. The van der Waals surface area contributed by atoms with Crippen molar-refractivity contribution in [2.45, 2.75) is 59.0 Å². The Morgan fingerprint density at radius 2 is 2.06 bits per heavy atom. The first-order valence-corrected chi connectivity index (χ1v) is 6.42. The van der Waals surface area contributed by atoms with Gasteiger partial charge in [-0.1, -0.05) is 20.3 Å². The first kappa shape index (κ1) is 13.3. The van der Waals surface area contributed by atoms with Gasteiger partial charge in [0.2, 0.25) is 0 Å². The third-order valence-corrected chi connectivity index (χ3v) is 3.45. The van der Waals surface area contributed by atoms with Crippen LogP contribution >= 0.6 is 0 Å². The molecule has 1 rings (SSSR count). The largest absolute Gasteiger partial charge is 0.469 e. The molecule has 1 aromatic rings. The molecule has 0 radical (unpaired) electrons. The minimum Gasteiger partial charge on any atom is -0.469 e. The summed E-state index contributed by atoms with van der Waals surface area (Å²) in [4.78, 5) is 0. The summed E-state index contributed by atoms with van der Waals surface area (Å²) < 4.78 is 5.33. The van der Waals surface area contributed by atoms with E-state index in [0.29, 0.717) is 12.1 Å². The van der Waals surface area contributed by atoms with Crippen molar-refractivity contribution in [3.63, 3.8) is 0 Å². The quantitative estimate of drug-likeness (QED) is 0.763. The number of furan rings is 1. The van der Waals surface area contributed by atoms with Crippen LogP contribution in [-0.2, 0) is 6.42 Å². The molecule has 0 aliphatic heterocycles. The Morgan fingerprint density at radius 3 is 2.62 bits per heavy atom. The van der Waals surface area contributed by atoms with Gasteiger partial charge in [0.1, 0.15) is 5.76 Å². The summed E-state index contributed by atoms with van der Waals surface area (Å²) >= 11 is 0. The van der Waals surface area contributed by atoms with Gasteiger partial charge < -0.3 is 9.73 Å². The third kappa shape index (κ3) is 4.40. The summed E-state index contributed by atoms with van der Waals surface area (Å²) in [6.45, 7) is 9.08. The number of rotatable bonds is 7. The van der Waals surface area contributed by atoms with Crippen LogP contribution < -0.4 is 5.32 Å². The summed E-state index contributed by atoms with van der Waals surface area (Å²) in [5.74, 6) is 1.83. The lowest BCUT2D eigenvalue weighted by Gasteiger charge is -2.24. The minimum absolute atomic E-state index is 0.550. The van der Waals surface area contributed by atoms with Gasteiger partial charge >= 0.3 is 0 Å². The third-order valence-electron chi connectivity index (χ3n) is 3.45. The van der Waals surface area contributed by atoms with Gasteiger partial charge in [-0.3, -0.25) is 0 Å². The van der Waals surface area contributed by atoms with E-state index in [-0.39, 0.29) is 0 Å². The van der Waals surface area contributed by atoms with E-state index in [1.807, 2.05) is 12.1 Å². The first-order chi connectivity index (χ1) is 7.63. The SMILES string of the molecule is CCC(C)C(C)NC(C)CCc1ccco1. The van der Waals surface area contributed by atoms with Crippen molar-refractivity contribution < 1.29 is 4.42 Å². The summed E-state index contributed by atoms with van der Waals surface area (Å²) in [7, 11) is 0. The molecule has 16 heavy (non-hydrogen) atoms. The number of aryl methyl sites for hydroxylation is 1. The second kappa shape index (κ2) is 6.74. The molecule has 0 fully saturated rings. The van der Waals surface area contributed by atoms with Crippen molar-refractivity contribution in [3.8, 4) is 0 Å². The lowest BCUT2D eigenvalue weighted by Crippen LogP contribution is -2.38. The van der Waals surface area contributed by atoms with E-state index in [1.165, 1.54) is 6.42 Å². The number of hydrogen-bond acceptors (Lipinski definition) is 2. The van der Waals surface area contributed by atoms with Gasteiger partial charge in [0, 0.05) is 18.5 Å². The zero-order chi connectivity index (χ0) is 12.0. The van der Waals surface area contributed by atoms with Gasteiger partial charge in [0.15, 0.2) is 0 Å². The fraction of sp³-hybridized carbons (Fsp3) is 0.714. The molecule has 0 saturated heterocycles. The van der Waals surface area contributed by atoms with Gasteiger partial charge in [-0.2, -0.15) is 0 Å². The fourth-order valence-electron chi connectivity index (χ4n) is 1.86. The van der Waals surface area contributed by atoms with E-state index in [2.05, 4.69) is 33.0 Å². The Balaban J connectivity index is 2.22. The van der Waals surface area contributed by atoms with Crippen molar-refractivity contribution in [1.82, 2.24) is 5.32 Å². The highest BCUT2D eigenvalue weighted by atomic mass is 16.3.